The van der Waals surface area contributed by atoms with Crippen LogP contribution in [0.4, 0.5) is 0 Å². The van der Waals surface area contributed by atoms with Crippen molar-refractivity contribution in [1.82, 2.24) is 0 Å². The van der Waals surface area contributed by atoms with Gasteiger partial charge in [-0.05, 0) is 0 Å². The van der Waals surface area contributed by atoms with Crippen LogP contribution in [0.2, 0.25) is 0 Å². The minimum absolute atomic E-state index is 0. The van der Waals surface area contributed by atoms with Gasteiger partial charge in [0, 0.05) is 0 Å². The van der Waals surface area contributed by atoms with Gasteiger partial charge in [0.2, 0.25) is 0 Å². The molecule has 0 bridgehead atoms. The molecule has 1 rings (SSSR count). The summed E-state index contributed by atoms with van der Waals surface area (Å²) in [6.45, 7) is 0. The minimum Gasteiger partial charge on any atom is -0.359 e. The largest absolute Gasteiger partial charge is 1.00 e. The Morgan fingerprint density at radius 3 is 1.50 bits per heavy atom. The average Bonchev–Trinajstić information content (AvgIpc) is 1.72. The van der Waals surface area contributed by atoms with Crippen molar-refractivity contribution in [3.8, 4) is 0 Å². The summed E-state index contributed by atoms with van der Waals surface area (Å²) in [5.41, 5.74) is 0. The van der Waals surface area contributed by atoms with Crippen molar-refractivity contribution >= 4 is 0 Å². The van der Waals surface area contributed by atoms with Gasteiger partial charge in [0.05, 0.1) is 0 Å². The Kier molecular flexibility index (Phi) is 15.6. The maximum absolute atomic E-state index is 2.84. The van der Waals surface area contributed by atoms with Gasteiger partial charge in [-0.3, -0.25) is 18.2 Å². The van der Waals surface area contributed by atoms with Gasteiger partial charge in [-0.15, -0.1) is 0 Å². The van der Waals surface area contributed by atoms with Gasteiger partial charge >= 0.3 is 103 Å². The third-order valence-electron chi connectivity index (χ3n) is 0.552. The van der Waals surface area contributed by atoms with Crippen LogP contribution in [0, 0.1) is 12.1 Å². The second-order valence-electron chi connectivity index (χ2n) is 1.00. The van der Waals surface area contributed by atoms with Crippen molar-refractivity contribution in [2.45, 2.75) is 0 Å². The fourth-order valence-electron chi connectivity index (χ4n) is 0.304. The average molecular weight is 154 g/mol. The van der Waals surface area contributed by atoms with Crippen LogP contribution in [0.3, 0.4) is 0 Å². The Labute approximate surface area is 135 Å². The predicted octanol–water partition coefficient (Wildman–Crippen LogP) is -4.71. The summed E-state index contributed by atoms with van der Waals surface area (Å²) in [6, 6.07) is 13.0. The molecule has 0 saturated heterocycles. The van der Waals surface area contributed by atoms with Gasteiger partial charge in [0.15, 0.2) is 0 Å². The summed E-state index contributed by atoms with van der Waals surface area (Å²) in [4.78, 5) is 0. The summed E-state index contributed by atoms with van der Waals surface area (Å²) < 4.78 is 0. The molecule has 0 atom stereocenters. The molecule has 0 saturated carbocycles. The van der Waals surface area contributed by atoms with Gasteiger partial charge in [-0.25, -0.2) is 0 Å². The van der Waals surface area contributed by atoms with Crippen molar-refractivity contribution in [2.24, 2.45) is 0 Å². The Morgan fingerprint density at radius 2 is 1.38 bits per heavy atom. The zero-order valence-electron chi connectivity index (χ0n) is 5.31. The van der Waals surface area contributed by atoms with Crippen LogP contribution in [0.25, 0.3) is 0 Å². The Bertz CT molecular complexity index is 78.5. The topological polar surface area (TPSA) is 0 Å². The third kappa shape index (κ3) is 6.61. The van der Waals surface area contributed by atoms with Crippen molar-refractivity contribution in [2.75, 3.05) is 0 Å². The Balaban J connectivity index is 0. The van der Waals surface area contributed by atoms with Crippen molar-refractivity contribution in [3.05, 3.63) is 36.4 Å². The van der Waals surface area contributed by atoms with Gasteiger partial charge in [0.1, 0.15) is 0 Å². The van der Waals surface area contributed by atoms with Gasteiger partial charge < -0.3 is 18.2 Å². The van der Waals surface area contributed by atoms with Gasteiger partial charge in [-0.2, -0.15) is 0 Å². The molecule has 0 N–H and O–H groups in total. The molecule has 0 nitrogen and oxygen atoms in total. The summed E-state index contributed by atoms with van der Waals surface area (Å²) >= 11 is 0. The smallest absolute Gasteiger partial charge is 0.359 e. The van der Waals surface area contributed by atoms with E-state index in [9.17, 15) is 0 Å². The molecule has 2 heteroatoms. The molecular weight excluding hydrogens is 150 g/mol. The fourth-order valence-corrected chi connectivity index (χ4v) is 0.304. The van der Waals surface area contributed by atoms with E-state index in [4.69, 9.17) is 0 Å². The molecule has 0 spiro atoms. The number of rotatable bonds is 0. The molecule has 0 heterocycles. The Morgan fingerprint density at radius 1 is 0.875 bits per heavy atom. The van der Waals surface area contributed by atoms with Gasteiger partial charge in [-0.1, -0.05) is 0 Å². The van der Waals surface area contributed by atoms with Gasteiger partial charge in [0.25, 0.3) is 0 Å². The summed E-state index contributed by atoms with van der Waals surface area (Å²) in [7, 11) is 0. The van der Waals surface area contributed by atoms with Crippen LogP contribution in [0.15, 0.2) is 24.3 Å². The van der Waals surface area contributed by atoms with E-state index < -0.39 is 0 Å². The quantitative estimate of drug-likeness (QED) is 0.260. The standard InChI is InChI=1S/C6H4.2K/c1-2-4-6-5-3-1;;/h1-3,6H;;/q-2;2*+1. The SMILES string of the molecule is [K+].[K+].[c-]1c[c-]ccc1. The van der Waals surface area contributed by atoms with E-state index in [-0.39, 0.29) is 103 Å². The van der Waals surface area contributed by atoms with E-state index in [1.54, 1.807) is 6.07 Å². The number of benzene rings is 1. The minimum atomic E-state index is 0. The first-order valence-corrected chi connectivity index (χ1v) is 1.82. The first-order valence-electron chi connectivity index (χ1n) is 1.82. The second kappa shape index (κ2) is 9.49. The van der Waals surface area contributed by atoms with E-state index >= 15 is 0 Å². The van der Waals surface area contributed by atoms with E-state index in [1.807, 2.05) is 18.2 Å². The molecule has 0 aliphatic heterocycles. The molecule has 0 aliphatic rings. The van der Waals surface area contributed by atoms with E-state index in [0.717, 1.165) is 0 Å². The van der Waals surface area contributed by atoms with Crippen LogP contribution in [0.5, 0.6) is 0 Å². The maximum atomic E-state index is 2.84. The molecule has 30 valence electrons. The normalized spacial score (nSPS) is 6.00. The molecular formula is C6H4K2. The molecule has 1 aromatic rings. The summed E-state index contributed by atoms with van der Waals surface area (Å²) in [5, 5.41) is 0. The van der Waals surface area contributed by atoms with Crippen LogP contribution >= 0.6 is 0 Å². The zero-order chi connectivity index (χ0) is 4.24. The van der Waals surface area contributed by atoms with Crippen LogP contribution in [0.1, 0.15) is 0 Å². The van der Waals surface area contributed by atoms with Crippen molar-refractivity contribution in [3.63, 3.8) is 0 Å². The van der Waals surface area contributed by atoms with Crippen LogP contribution in [-0.4, -0.2) is 0 Å². The van der Waals surface area contributed by atoms with Crippen molar-refractivity contribution in [1.29, 1.82) is 0 Å². The predicted molar refractivity (Wildman–Crippen MR) is 24.1 cm³/mol. The fraction of sp³-hybridized carbons (Fsp3) is 0. The Hall–Kier alpha value is 2.49. The van der Waals surface area contributed by atoms with Crippen LogP contribution < -0.4 is 103 Å². The van der Waals surface area contributed by atoms with E-state index in [2.05, 4.69) is 12.1 Å². The molecule has 1 aromatic carbocycles. The number of hydrogen-bond donors (Lipinski definition) is 0. The molecule has 0 fully saturated rings. The third-order valence-corrected chi connectivity index (χ3v) is 0.552. The summed E-state index contributed by atoms with van der Waals surface area (Å²) in [5.74, 6) is 0. The number of hydrogen-bond acceptors (Lipinski definition) is 0. The van der Waals surface area contributed by atoms with Crippen LogP contribution in [-0.2, 0) is 0 Å². The summed E-state index contributed by atoms with van der Waals surface area (Å²) in [6.07, 6.45) is 0. The second-order valence-corrected chi connectivity index (χ2v) is 1.00. The molecule has 8 heavy (non-hydrogen) atoms. The molecule has 0 aliphatic carbocycles. The van der Waals surface area contributed by atoms with E-state index in [1.165, 1.54) is 0 Å². The van der Waals surface area contributed by atoms with Crippen molar-refractivity contribution < 1.29 is 103 Å². The molecule has 0 unspecified atom stereocenters. The molecule has 0 aromatic heterocycles. The first kappa shape index (κ1) is 13.1. The zero-order valence-corrected chi connectivity index (χ0v) is 11.6. The molecule has 0 amide bonds. The monoisotopic (exact) mass is 154 g/mol. The molecule has 0 radical (unpaired) electrons. The van der Waals surface area contributed by atoms with E-state index in [0.29, 0.717) is 0 Å². The first-order chi connectivity index (χ1) is 3.00. The maximum Gasteiger partial charge on any atom is 1.00 e.